The molecule has 0 bridgehead atoms. The minimum atomic E-state index is -0.0420. The van der Waals surface area contributed by atoms with E-state index in [1.54, 1.807) is 11.8 Å². The van der Waals surface area contributed by atoms with Crippen molar-refractivity contribution in [1.29, 1.82) is 0 Å². The molecule has 138 valence electrons. The quantitative estimate of drug-likeness (QED) is 0.610. The first-order chi connectivity index (χ1) is 11.9. The Kier molecular flexibility index (Phi) is 4.68. The standard InChI is InChI=1S/C21H30O2S2/c1-20-11-9-17(22)19(25-12-24-3)16(20)5-4-13-14-6-7-18(23)21(14,2)10-8-15(13)20/h13-15H,4-12H2,1-3H3/t13?,14?,15?,20-,21+/m1/s1. The Bertz CT molecular complexity index is 640. The maximum Gasteiger partial charge on any atom is 0.169 e. The van der Waals surface area contributed by atoms with E-state index >= 15 is 0 Å². The molecular weight excluding hydrogens is 348 g/mol. The van der Waals surface area contributed by atoms with Gasteiger partial charge in [0.25, 0.3) is 0 Å². The summed E-state index contributed by atoms with van der Waals surface area (Å²) < 4.78 is 0. The van der Waals surface area contributed by atoms with Crippen molar-refractivity contribution < 1.29 is 9.59 Å². The highest BCUT2D eigenvalue weighted by Crippen LogP contribution is 2.65. The number of ketones is 2. The summed E-state index contributed by atoms with van der Waals surface area (Å²) in [6, 6.07) is 0. The van der Waals surface area contributed by atoms with Gasteiger partial charge >= 0.3 is 0 Å². The number of fused-ring (bicyclic) bond motifs is 5. The highest BCUT2D eigenvalue weighted by Gasteiger charge is 2.59. The molecule has 4 aliphatic carbocycles. The van der Waals surface area contributed by atoms with Crippen LogP contribution < -0.4 is 0 Å². The van der Waals surface area contributed by atoms with Crippen molar-refractivity contribution in [2.75, 3.05) is 11.3 Å². The van der Waals surface area contributed by atoms with E-state index in [-0.39, 0.29) is 10.8 Å². The second-order valence-corrected chi connectivity index (χ2v) is 11.2. The van der Waals surface area contributed by atoms with Crippen LogP contribution in [0.1, 0.15) is 65.2 Å². The molecule has 3 saturated carbocycles. The Labute approximate surface area is 160 Å². The first-order valence-corrected chi connectivity index (χ1v) is 12.2. The van der Waals surface area contributed by atoms with E-state index in [4.69, 9.17) is 0 Å². The van der Waals surface area contributed by atoms with Crippen LogP contribution in [0.25, 0.3) is 0 Å². The van der Waals surface area contributed by atoms with Gasteiger partial charge in [0.1, 0.15) is 5.78 Å². The fourth-order valence-corrected chi connectivity index (χ4v) is 8.44. The normalized spacial score (nSPS) is 43.7. The molecule has 0 amide bonds. The van der Waals surface area contributed by atoms with Crippen LogP contribution in [0.15, 0.2) is 10.5 Å². The van der Waals surface area contributed by atoms with Crippen molar-refractivity contribution in [2.24, 2.45) is 28.6 Å². The van der Waals surface area contributed by atoms with Crippen molar-refractivity contribution in [3.8, 4) is 0 Å². The molecule has 0 radical (unpaired) electrons. The third kappa shape index (κ3) is 2.61. The molecule has 4 aliphatic rings. The maximum absolute atomic E-state index is 12.6. The second-order valence-electron chi connectivity index (χ2n) is 9.03. The predicted molar refractivity (Wildman–Crippen MR) is 107 cm³/mol. The first kappa shape index (κ1) is 18.2. The van der Waals surface area contributed by atoms with E-state index in [1.165, 1.54) is 18.4 Å². The summed E-state index contributed by atoms with van der Waals surface area (Å²) in [5.74, 6) is 2.88. The molecule has 4 heteroatoms. The van der Waals surface area contributed by atoms with Gasteiger partial charge in [-0.15, -0.1) is 11.8 Å². The molecule has 0 aliphatic heterocycles. The average Bonchev–Trinajstić information content (AvgIpc) is 2.90. The minimum absolute atomic E-state index is 0.0420. The van der Waals surface area contributed by atoms with Crippen LogP contribution in [0, 0.1) is 28.6 Å². The molecule has 25 heavy (non-hydrogen) atoms. The summed E-state index contributed by atoms with van der Waals surface area (Å²) in [7, 11) is 0. The summed E-state index contributed by atoms with van der Waals surface area (Å²) in [6.07, 6.45) is 10.3. The summed E-state index contributed by atoms with van der Waals surface area (Å²) in [5.41, 5.74) is 1.64. The Morgan fingerprint density at radius 1 is 0.960 bits per heavy atom. The third-order valence-electron chi connectivity index (χ3n) is 8.10. The Morgan fingerprint density at radius 3 is 2.48 bits per heavy atom. The number of carbonyl (C=O) groups excluding carboxylic acids is 2. The van der Waals surface area contributed by atoms with Gasteiger partial charge in [-0.05, 0) is 73.5 Å². The topological polar surface area (TPSA) is 34.1 Å². The number of hydrogen-bond acceptors (Lipinski definition) is 4. The van der Waals surface area contributed by atoms with Crippen LogP contribution in [0.5, 0.6) is 0 Å². The van der Waals surface area contributed by atoms with E-state index in [0.29, 0.717) is 29.3 Å². The van der Waals surface area contributed by atoms with Crippen molar-refractivity contribution in [2.45, 2.75) is 65.2 Å². The molecule has 3 fully saturated rings. The molecule has 5 atom stereocenters. The highest BCUT2D eigenvalue weighted by atomic mass is 32.2. The summed E-state index contributed by atoms with van der Waals surface area (Å²) in [4.78, 5) is 26.2. The van der Waals surface area contributed by atoms with Crippen LogP contribution in [0.2, 0.25) is 0 Å². The molecule has 0 saturated heterocycles. The van der Waals surface area contributed by atoms with E-state index in [1.807, 2.05) is 11.8 Å². The molecule has 0 aromatic rings. The van der Waals surface area contributed by atoms with Crippen LogP contribution in [0.3, 0.4) is 0 Å². The zero-order chi connectivity index (χ0) is 17.8. The Balaban J connectivity index is 1.69. The van der Waals surface area contributed by atoms with Crippen molar-refractivity contribution in [3.05, 3.63) is 10.5 Å². The summed E-state index contributed by atoms with van der Waals surface area (Å²) >= 11 is 3.60. The molecule has 0 spiro atoms. The highest BCUT2D eigenvalue weighted by molar-refractivity contribution is 8.18. The fraction of sp³-hybridized carbons (Fsp3) is 0.810. The summed E-state index contributed by atoms with van der Waals surface area (Å²) in [5, 5.41) is 0.976. The Hall–Kier alpha value is -0.220. The van der Waals surface area contributed by atoms with E-state index in [0.717, 1.165) is 48.5 Å². The molecule has 0 heterocycles. The van der Waals surface area contributed by atoms with E-state index in [9.17, 15) is 9.59 Å². The van der Waals surface area contributed by atoms with Crippen molar-refractivity contribution in [3.63, 3.8) is 0 Å². The van der Waals surface area contributed by atoms with Gasteiger partial charge < -0.3 is 0 Å². The van der Waals surface area contributed by atoms with Crippen LogP contribution in [-0.4, -0.2) is 22.9 Å². The number of hydrogen-bond donors (Lipinski definition) is 0. The molecular formula is C21H30O2S2. The molecule has 3 unspecified atom stereocenters. The molecule has 0 aromatic carbocycles. The van der Waals surface area contributed by atoms with Gasteiger partial charge in [0.05, 0.1) is 4.91 Å². The van der Waals surface area contributed by atoms with Crippen LogP contribution in [-0.2, 0) is 9.59 Å². The van der Waals surface area contributed by atoms with Gasteiger partial charge in [-0.1, -0.05) is 13.8 Å². The lowest BCUT2D eigenvalue weighted by molar-refractivity contribution is -0.132. The Morgan fingerprint density at radius 2 is 1.72 bits per heavy atom. The van der Waals surface area contributed by atoms with E-state index in [2.05, 4.69) is 20.1 Å². The SMILES string of the molecule is CSCSC1=C2CCC3C(CC[C@]4(C)C(=O)CCC34)[C@@]2(C)CCC1=O. The molecule has 2 nitrogen and oxygen atoms in total. The number of allylic oxidation sites excluding steroid dienone is 1. The summed E-state index contributed by atoms with van der Waals surface area (Å²) in [6.45, 7) is 4.70. The average molecular weight is 379 g/mol. The van der Waals surface area contributed by atoms with Gasteiger partial charge in [-0.3, -0.25) is 9.59 Å². The van der Waals surface area contributed by atoms with E-state index < -0.39 is 0 Å². The van der Waals surface area contributed by atoms with Crippen molar-refractivity contribution in [1.82, 2.24) is 0 Å². The fourth-order valence-electron chi connectivity index (χ4n) is 6.72. The first-order valence-electron chi connectivity index (χ1n) is 9.83. The van der Waals surface area contributed by atoms with Crippen LogP contribution in [0.4, 0.5) is 0 Å². The predicted octanol–water partition coefficient (Wildman–Crippen LogP) is 5.47. The van der Waals surface area contributed by atoms with Gasteiger partial charge in [-0.2, -0.15) is 11.8 Å². The molecule has 0 aromatic heterocycles. The van der Waals surface area contributed by atoms with Gasteiger partial charge in [0.15, 0.2) is 5.78 Å². The largest absolute Gasteiger partial charge is 0.299 e. The lowest BCUT2D eigenvalue weighted by Gasteiger charge is -2.57. The third-order valence-corrected chi connectivity index (χ3v) is 10.3. The zero-order valence-corrected chi connectivity index (χ0v) is 17.4. The maximum atomic E-state index is 12.6. The molecule has 4 rings (SSSR count). The van der Waals surface area contributed by atoms with Crippen molar-refractivity contribution >= 4 is 35.1 Å². The monoisotopic (exact) mass is 378 g/mol. The van der Waals surface area contributed by atoms with Gasteiger partial charge in [0, 0.05) is 23.3 Å². The lowest BCUT2D eigenvalue weighted by atomic mass is 9.47. The second kappa shape index (κ2) is 6.44. The smallest absolute Gasteiger partial charge is 0.169 e. The number of carbonyl (C=O) groups is 2. The number of Topliss-reactive ketones (excluding diaryl/α,β-unsaturated/α-hetero) is 2. The molecule has 0 N–H and O–H groups in total. The van der Waals surface area contributed by atoms with Gasteiger partial charge in [0.2, 0.25) is 0 Å². The van der Waals surface area contributed by atoms with Gasteiger partial charge in [-0.25, -0.2) is 0 Å². The zero-order valence-electron chi connectivity index (χ0n) is 15.7. The number of rotatable bonds is 3. The van der Waals surface area contributed by atoms with Crippen LogP contribution >= 0.6 is 23.5 Å². The lowest BCUT2D eigenvalue weighted by Crippen LogP contribution is -2.51. The number of thioether (sulfide) groups is 2. The minimum Gasteiger partial charge on any atom is -0.299 e.